The van der Waals surface area contributed by atoms with Crippen LogP contribution in [0.2, 0.25) is 5.02 Å². The van der Waals surface area contributed by atoms with E-state index in [9.17, 15) is 9.59 Å². The van der Waals surface area contributed by atoms with Gasteiger partial charge in [-0.15, -0.1) is 0 Å². The normalized spacial score (nSPS) is 21.1. The monoisotopic (exact) mass is 337 g/mol. The number of amides is 3. The second-order valence-corrected chi connectivity index (χ2v) is 6.21. The van der Waals surface area contributed by atoms with Crippen LogP contribution in [0.5, 0.6) is 0 Å². The first-order valence-corrected chi connectivity index (χ1v) is 8.21. The Hall–Kier alpha value is -1.79. The second-order valence-electron chi connectivity index (χ2n) is 5.77. The van der Waals surface area contributed by atoms with Crippen molar-refractivity contribution in [1.82, 2.24) is 10.2 Å². The average molecular weight is 338 g/mol. The highest BCUT2D eigenvalue weighted by molar-refractivity contribution is 6.30. The van der Waals surface area contributed by atoms with E-state index in [0.29, 0.717) is 24.7 Å². The molecule has 3 rings (SSSR count). The third-order valence-electron chi connectivity index (χ3n) is 4.10. The number of anilines is 1. The van der Waals surface area contributed by atoms with Gasteiger partial charge in [-0.2, -0.15) is 0 Å². The van der Waals surface area contributed by atoms with Gasteiger partial charge in [0.05, 0.1) is 6.10 Å². The molecular formula is C16H20ClN3O3. The molecule has 1 aromatic carbocycles. The summed E-state index contributed by atoms with van der Waals surface area (Å²) in [4.78, 5) is 27.6. The zero-order valence-electron chi connectivity index (χ0n) is 12.8. The average Bonchev–Trinajstić information content (AvgIpc) is 3.16. The van der Waals surface area contributed by atoms with Gasteiger partial charge in [-0.1, -0.05) is 17.7 Å². The van der Waals surface area contributed by atoms with Crippen molar-refractivity contribution in [2.24, 2.45) is 0 Å². The fourth-order valence-corrected chi connectivity index (χ4v) is 3.06. The van der Waals surface area contributed by atoms with Crippen molar-refractivity contribution < 1.29 is 14.3 Å². The van der Waals surface area contributed by atoms with Crippen molar-refractivity contribution >= 4 is 29.2 Å². The van der Waals surface area contributed by atoms with Crippen LogP contribution in [0.4, 0.5) is 10.5 Å². The highest BCUT2D eigenvalue weighted by atomic mass is 35.5. The lowest BCUT2D eigenvalue weighted by molar-refractivity contribution is -0.122. The van der Waals surface area contributed by atoms with Crippen molar-refractivity contribution in [3.05, 3.63) is 29.3 Å². The van der Waals surface area contributed by atoms with Crippen LogP contribution in [0.25, 0.3) is 0 Å². The van der Waals surface area contributed by atoms with E-state index < -0.39 is 0 Å². The van der Waals surface area contributed by atoms with Crippen molar-refractivity contribution in [2.75, 3.05) is 37.7 Å². The number of nitrogens with zero attached hydrogens (tertiary/aromatic N) is 2. The fourth-order valence-electron chi connectivity index (χ4n) is 2.88. The largest absolute Gasteiger partial charge is 0.376 e. The molecule has 1 aromatic rings. The quantitative estimate of drug-likeness (QED) is 0.892. The van der Waals surface area contributed by atoms with Gasteiger partial charge in [0.1, 0.15) is 6.54 Å². The Balaban J connectivity index is 1.51. The molecule has 2 heterocycles. The van der Waals surface area contributed by atoms with Crippen LogP contribution in [0.1, 0.15) is 12.8 Å². The lowest BCUT2D eigenvalue weighted by Gasteiger charge is -2.19. The van der Waals surface area contributed by atoms with Gasteiger partial charge < -0.3 is 15.0 Å². The molecule has 1 atom stereocenters. The predicted molar refractivity (Wildman–Crippen MR) is 87.8 cm³/mol. The first kappa shape index (κ1) is 16.1. The highest BCUT2D eigenvalue weighted by Crippen LogP contribution is 2.23. The molecule has 0 aromatic heterocycles. The van der Waals surface area contributed by atoms with Crippen molar-refractivity contribution in [1.29, 1.82) is 0 Å². The van der Waals surface area contributed by atoms with Gasteiger partial charge in [0.2, 0.25) is 5.91 Å². The number of benzene rings is 1. The van der Waals surface area contributed by atoms with E-state index in [2.05, 4.69) is 5.32 Å². The minimum Gasteiger partial charge on any atom is -0.376 e. The third kappa shape index (κ3) is 3.95. The first-order chi connectivity index (χ1) is 11.1. The van der Waals surface area contributed by atoms with E-state index in [1.165, 1.54) is 0 Å². The van der Waals surface area contributed by atoms with Crippen LogP contribution in [0.15, 0.2) is 24.3 Å². The fraction of sp³-hybridized carbons (Fsp3) is 0.500. The molecule has 0 aliphatic carbocycles. The Morgan fingerprint density at radius 1 is 1.39 bits per heavy atom. The molecular weight excluding hydrogens is 318 g/mol. The Bertz CT molecular complexity index is 590. The summed E-state index contributed by atoms with van der Waals surface area (Å²) >= 11 is 5.97. The van der Waals surface area contributed by atoms with Crippen LogP contribution >= 0.6 is 11.6 Å². The molecule has 2 saturated heterocycles. The Morgan fingerprint density at radius 2 is 2.26 bits per heavy atom. The Kier molecular flexibility index (Phi) is 5.03. The van der Waals surface area contributed by atoms with E-state index in [4.69, 9.17) is 16.3 Å². The maximum absolute atomic E-state index is 12.4. The SMILES string of the molecule is O=C(CN1CCN(c2cccc(Cl)c2)C1=O)NCC1CCCO1. The topological polar surface area (TPSA) is 61.9 Å². The van der Waals surface area contributed by atoms with E-state index in [0.717, 1.165) is 25.1 Å². The highest BCUT2D eigenvalue weighted by Gasteiger charge is 2.31. The minimum atomic E-state index is -0.167. The molecule has 124 valence electrons. The molecule has 1 unspecified atom stereocenters. The van der Waals surface area contributed by atoms with Crippen LogP contribution in [0.3, 0.4) is 0 Å². The number of ether oxygens (including phenoxy) is 1. The van der Waals surface area contributed by atoms with Crippen LogP contribution in [0, 0.1) is 0 Å². The smallest absolute Gasteiger partial charge is 0.325 e. The standard InChI is InChI=1S/C16H20ClN3O3/c17-12-3-1-4-13(9-12)20-7-6-19(16(20)22)11-15(21)18-10-14-5-2-8-23-14/h1,3-4,9,14H,2,5-8,10-11H2,(H,18,21). The molecule has 0 bridgehead atoms. The molecule has 0 radical (unpaired) electrons. The maximum Gasteiger partial charge on any atom is 0.325 e. The molecule has 2 aliphatic rings. The van der Waals surface area contributed by atoms with E-state index in [1.807, 2.05) is 12.1 Å². The van der Waals surface area contributed by atoms with Gasteiger partial charge in [-0.25, -0.2) is 4.79 Å². The molecule has 6 nitrogen and oxygen atoms in total. The van der Waals surface area contributed by atoms with Gasteiger partial charge >= 0.3 is 6.03 Å². The number of hydrogen-bond acceptors (Lipinski definition) is 3. The lowest BCUT2D eigenvalue weighted by Crippen LogP contribution is -2.42. The number of halogens is 1. The van der Waals surface area contributed by atoms with E-state index >= 15 is 0 Å². The van der Waals surface area contributed by atoms with Gasteiger partial charge in [-0.3, -0.25) is 9.69 Å². The summed E-state index contributed by atoms with van der Waals surface area (Å²) in [5.74, 6) is -0.151. The lowest BCUT2D eigenvalue weighted by atomic mass is 10.2. The molecule has 2 fully saturated rings. The summed E-state index contributed by atoms with van der Waals surface area (Å²) in [6.45, 7) is 2.43. The number of rotatable bonds is 5. The summed E-state index contributed by atoms with van der Waals surface area (Å²) in [5, 5.41) is 3.42. The summed E-state index contributed by atoms with van der Waals surface area (Å²) in [5.41, 5.74) is 0.754. The Labute approximate surface area is 140 Å². The second kappa shape index (κ2) is 7.19. The number of hydrogen-bond donors (Lipinski definition) is 1. The summed E-state index contributed by atoms with van der Waals surface area (Å²) in [7, 11) is 0. The molecule has 2 aliphatic heterocycles. The molecule has 23 heavy (non-hydrogen) atoms. The van der Waals surface area contributed by atoms with Gasteiger partial charge in [0.25, 0.3) is 0 Å². The zero-order chi connectivity index (χ0) is 16.2. The zero-order valence-corrected chi connectivity index (χ0v) is 13.6. The Morgan fingerprint density at radius 3 is 3.00 bits per heavy atom. The van der Waals surface area contributed by atoms with Crippen molar-refractivity contribution in [3.63, 3.8) is 0 Å². The van der Waals surface area contributed by atoms with Crippen LogP contribution in [-0.2, 0) is 9.53 Å². The predicted octanol–water partition coefficient (Wildman–Crippen LogP) is 1.88. The van der Waals surface area contributed by atoms with Gasteiger partial charge in [-0.05, 0) is 31.0 Å². The van der Waals surface area contributed by atoms with Crippen molar-refractivity contribution in [2.45, 2.75) is 18.9 Å². The summed E-state index contributed by atoms with van der Waals surface area (Å²) < 4.78 is 5.46. The molecule has 0 saturated carbocycles. The van der Waals surface area contributed by atoms with Crippen molar-refractivity contribution in [3.8, 4) is 0 Å². The van der Waals surface area contributed by atoms with Crippen LogP contribution < -0.4 is 10.2 Å². The van der Waals surface area contributed by atoms with Gasteiger partial charge in [0.15, 0.2) is 0 Å². The number of carbonyl (C=O) groups is 2. The van der Waals surface area contributed by atoms with E-state index in [-0.39, 0.29) is 24.6 Å². The van der Waals surface area contributed by atoms with E-state index in [1.54, 1.807) is 21.9 Å². The van der Waals surface area contributed by atoms with Crippen LogP contribution in [-0.4, -0.2) is 55.7 Å². The van der Waals surface area contributed by atoms with Gasteiger partial charge in [0, 0.05) is 37.0 Å². The maximum atomic E-state index is 12.4. The number of nitrogens with one attached hydrogen (secondary N) is 1. The molecule has 1 N–H and O–H groups in total. The molecule has 3 amide bonds. The third-order valence-corrected chi connectivity index (χ3v) is 4.34. The number of urea groups is 1. The summed E-state index contributed by atoms with van der Waals surface area (Å²) in [6, 6.07) is 6.99. The summed E-state index contributed by atoms with van der Waals surface area (Å²) in [6.07, 6.45) is 2.13. The molecule has 0 spiro atoms. The number of carbonyl (C=O) groups excluding carboxylic acids is 2. The molecule has 7 heteroatoms. The first-order valence-electron chi connectivity index (χ1n) is 7.84. The minimum absolute atomic E-state index is 0.0720.